The molecule has 0 bridgehead atoms. The zero-order valence-electron chi connectivity index (χ0n) is 13.3. The molecule has 0 spiro atoms. The van der Waals surface area contributed by atoms with E-state index in [1.807, 2.05) is 18.7 Å². The molecule has 1 heterocycles. The van der Waals surface area contributed by atoms with Crippen molar-refractivity contribution in [3.63, 3.8) is 0 Å². The van der Waals surface area contributed by atoms with Crippen LogP contribution in [0.3, 0.4) is 0 Å². The van der Waals surface area contributed by atoms with Crippen LogP contribution in [0.2, 0.25) is 0 Å². The Morgan fingerprint density at radius 3 is 2.62 bits per heavy atom. The second kappa shape index (κ2) is 8.51. The van der Waals surface area contributed by atoms with Gasteiger partial charge in [0, 0.05) is 17.3 Å². The van der Waals surface area contributed by atoms with Gasteiger partial charge >= 0.3 is 12.0 Å². The molecule has 1 saturated heterocycles. The molecule has 3 atom stereocenters. The van der Waals surface area contributed by atoms with Crippen molar-refractivity contribution in [3.05, 3.63) is 0 Å². The van der Waals surface area contributed by atoms with E-state index in [2.05, 4.69) is 17.6 Å². The molecule has 1 aliphatic rings. The van der Waals surface area contributed by atoms with Gasteiger partial charge in [-0.2, -0.15) is 11.8 Å². The van der Waals surface area contributed by atoms with Crippen molar-refractivity contribution in [1.82, 2.24) is 10.6 Å². The van der Waals surface area contributed by atoms with Gasteiger partial charge in [-0.25, -0.2) is 4.79 Å². The van der Waals surface area contributed by atoms with Crippen molar-refractivity contribution in [2.24, 2.45) is 5.92 Å². The Labute approximate surface area is 131 Å². The first kappa shape index (κ1) is 18.1. The number of hydrogen-bond acceptors (Lipinski definition) is 3. The minimum Gasteiger partial charge on any atom is -0.481 e. The summed E-state index contributed by atoms with van der Waals surface area (Å²) in [5, 5.41) is 14.7. The van der Waals surface area contributed by atoms with E-state index < -0.39 is 5.97 Å². The molecule has 3 unspecified atom stereocenters. The van der Waals surface area contributed by atoms with E-state index in [9.17, 15) is 9.59 Å². The van der Waals surface area contributed by atoms with E-state index in [1.165, 1.54) is 12.2 Å². The van der Waals surface area contributed by atoms with Crippen molar-refractivity contribution >= 4 is 23.8 Å². The summed E-state index contributed by atoms with van der Waals surface area (Å²) in [4.78, 5) is 22.5. The molecule has 1 rings (SSSR count). The van der Waals surface area contributed by atoms with Crippen molar-refractivity contribution in [1.29, 1.82) is 0 Å². The Morgan fingerprint density at radius 1 is 1.33 bits per heavy atom. The molecule has 0 saturated carbocycles. The predicted octanol–water partition coefficient (Wildman–Crippen LogP) is 2.85. The monoisotopic (exact) mass is 316 g/mol. The van der Waals surface area contributed by atoms with Gasteiger partial charge in [-0.15, -0.1) is 0 Å². The van der Waals surface area contributed by atoms with Gasteiger partial charge in [0.05, 0.1) is 5.92 Å². The molecule has 0 aromatic heterocycles. The van der Waals surface area contributed by atoms with Gasteiger partial charge in [0.15, 0.2) is 0 Å². The molecule has 1 aliphatic heterocycles. The van der Waals surface area contributed by atoms with E-state index >= 15 is 0 Å². The van der Waals surface area contributed by atoms with Crippen LogP contribution in [-0.4, -0.2) is 40.2 Å². The Bertz CT molecular complexity index is 357. The molecule has 1 fully saturated rings. The average Bonchev–Trinajstić information content (AvgIpc) is 2.83. The standard InChI is InChI=1S/C15H28N2O3S/c1-11(13(18)19)6-4-7-12(2)17-14(20)16-10-15(3)8-5-9-21-15/h11-12H,4-10H2,1-3H3,(H,18,19)(H2,16,17,20). The quantitative estimate of drug-likeness (QED) is 0.643. The van der Waals surface area contributed by atoms with Crippen LogP contribution in [0.5, 0.6) is 0 Å². The van der Waals surface area contributed by atoms with E-state index in [4.69, 9.17) is 5.11 Å². The van der Waals surface area contributed by atoms with Crippen molar-refractivity contribution in [3.8, 4) is 0 Å². The predicted molar refractivity (Wildman–Crippen MR) is 86.7 cm³/mol. The van der Waals surface area contributed by atoms with Gasteiger partial charge in [-0.1, -0.05) is 13.3 Å². The first-order valence-corrected chi connectivity index (χ1v) is 8.72. The number of amides is 2. The van der Waals surface area contributed by atoms with E-state index in [1.54, 1.807) is 6.92 Å². The maximum atomic E-state index is 11.8. The number of aliphatic carboxylic acids is 1. The molecule has 3 N–H and O–H groups in total. The van der Waals surface area contributed by atoms with Crippen LogP contribution in [0.4, 0.5) is 4.79 Å². The number of carbonyl (C=O) groups excluding carboxylic acids is 1. The van der Waals surface area contributed by atoms with E-state index in [0.717, 1.165) is 19.3 Å². The Kier molecular flexibility index (Phi) is 7.35. The third-order valence-corrected chi connectivity index (χ3v) is 5.53. The van der Waals surface area contributed by atoms with Crippen LogP contribution in [0.25, 0.3) is 0 Å². The summed E-state index contributed by atoms with van der Waals surface area (Å²) in [6.45, 7) is 6.57. The summed E-state index contributed by atoms with van der Waals surface area (Å²) in [5.74, 6) is 0.110. The Morgan fingerprint density at radius 2 is 2.05 bits per heavy atom. The maximum absolute atomic E-state index is 11.8. The third kappa shape index (κ3) is 7.07. The lowest BCUT2D eigenvalue weighted by Gasteiger charge is -2.23. The number of thioether (sulfide) groups is 1. The summed E-state index contributed by atoms with van der Waals surface area (Å²) >= 11 is 1.93. The molecule has 0 aromatic rings. The first-order chi connectivity index (χ1) is 9.82. The number of carbonyl (C=O) groups is 2. The highest BCUT2D eigenvalue weighted by Crippen LogP contribution is 2.36. The summed E-state index contributed by atoms with van der Waals surface area (Å²) in [6.07, 6.45) is 4.64. The summed E-state index contributed by atoms with van der Waals surface area (Å²) in [6, 6.07) is -0.0578. The van der Waals surface area contributed by atoms with Gasteiger partial charge < -0.3 is 15.7 Å². The van der Waals surface area contributed by atoms with Crippen LogP contribution < -0.4 is 10.6 Å². The number of rotatable bonds is 8. The zero-order valence-corrected chi connectivity index (χ0v) is 14.1. The number of urea groups is 1. The lowest BCUT2D eigenvalue weighted by atomic mass is 10.0. The van der Waals surface area contributed by atoms with E-state index in [-0.39, 0.29) is 22.7 Å². The fourth-order valence-electron chi connectivity index (χ4n) is 2.44. The second-order valence-electron chi connectivity index (χ2n) is 6.30. The molecular formula is C15H28N2O3S. The summed E-state index contributed by atoms with van der Waals surface area (Å²) in [7, 11) is 0. The SMILES string of the molecule is CC(CCCC(C)C(=O)O)NC(=O)NCC1(C)CCCS1. The van der Waals surface area contributed by atoms with E-state index in [0.29, 0.717) is 13.0 Å². The van der Waals surface area contributed by atoms with Gasteiger partial charge in [-0.3, -0.25) is 4.79 Å². The van der Waals surface area contributed by atoms with Gasteiger partial charge in [-0.05, 0) is 45.3 Å². The fourth-order valence-corrected chi connectivity index (χ4v) is 3.69. The molecule has 0 aromatic carbocycles. The normalized spacial score (nSPS) is 24.3. The van der Waals surface area contributed by atoms with Crippen molar-refractivity contribution in [2.45, 2.75) is 63.7 Å². The molecule has 5 nitrogen and oxygen atoms in total. The topological polar surface area (TPSA) is 78.4 Å². The zero-order chi connectivity index (χ0) is 15.9. The fraction of sp³-hybridized carbons (Fsp3) is 0.867. The van der Waals surface area contributed by atoms with Crippen LogP contribution >= 0.6 is 11.8 Å². The maximum Gasteiger partial charge on any atom is 0.315 e. The third-order valence-electron chi connectivity index (χ3n) is 4.00. The van der Waals surface area contributed by atoms with Gasteiger partial charge in [0.25, 0.3) is 0 Å². The minimum absolute atomic E-state index is 0.0648. The molecule has 2 amide bonds. The molecule has 6 heteroatoms. The number of nitrogens with one attached hydrogen (secondary N) is 2. The van der Waals surface area contributed by atoms with Gasteiger partial charge in [0.2, 0.25) is 0 Å². The number of carboxylic acid groups (broad SMARTS) is 1. The Balaban J connectivity index is 2.14. The smallest absolute Gasteiger partial charge is 0.315 e. The lowest BCUT2D eigenvalue weighted by Crippen LogP contribution is -2.45. The average molecular weight is 316 g/mol. The molecule has 0 radical (unpaired) electrons. The largest absolute Gasteiger partial charge is 0.481 e. The van der Waals surface area contributed by atoms with Gasteiger partial charge in [0.1, 0.15) is 0 Å². The molecule has 0 aliphatic carbocycles. The first-order valence-electron chi connectivity index (χ1n) is 7.73. The van der Waals surface area contributed by atoms with Crippen molar-refractivity contribution in [2.75, 3.05) is 12.3 Å². The van der Waals surface area contributed by atoms with Crippen LogP contribution in [0, 0.1) is 5.92 Å². The summed E-state index contributed by atoms with van der Waals surface area (Å²) < 4.78 is 0.178. The number of carboxylic acids is 1. The number of hydrogen-bond donors (Lipinski definition) is 3. The highest BCUT2D eigenvalue weighted by Gasteiger charge is 2.29. The van der Waals surface area contributed by atoms with Crippen LogP contribution in [0.1, 0.15) is 52.9 Å². The second-order valence-corrected chi connectivity index (χ2v) is 7.98. The molecule has 21 heavy (non-hydrogen) atoms. The van der Waals surface area contributed by atoms with Crippen LogP contribution in [0.15, 0.2) is 0 Å². The Hall–Kier alpha value is -0.910. The minimum atomic E-state index is -0.754. The lowest BCUT2D eigenvalue weighted by molar-refractivity contribution is -0.141. The van der Waals surface area contributed by atoms with Crippen LogP contribution in [-0.2, 0) is 4.79 Å². The molecule has 122 valence electrons. The highest BCUT2D eigenvalue weighted by molar-refractivity contribution is 8.00. The summed E-state index contributed by atoms with van der Waals surface area (Å²) in [5.41, 5.74) is 0. The highest BCUT2D eigenvalue weighted by atomic mass is 32.2. The van der Waals surface area contributed by atoms with Crippen molar-refractivity contribution < 1.29 is 14.7 Å². The molecular weight excluding hydrogens is 288 g/mol.